The number of amides is 1. The molecule has 0 aliphatic heterocycles. The molecule has 1 amide bonds. The number of benzene rings is 1. The Labute approximate surface area is 155 Å². The number of alkyl halides is 6. The zero-order valence-electron chi connectivity index (χ0n) is 12.8. The number of rotatable bonds is 4. The predicted octanol–water partition coefficient (Wildman–Crippen LogP) is 4.43. The van der Waals surface area contributed by atoms with E-state index in [0.29, 0.717) is 0 Å². The summed E-state index contributed by atoms with van der Waals surface area (Å²) in [6.07, 6.45) is -12.6. The molecule has 2 rings (SSSR count). The average molecular weight is 437 g/mol. The van der Waals surface area contributed by atoms with Crippen LogP contribution in [0.2, 0.25) is 5.02 Å². The number of nitrogens with zero attached hydrogens (tertiary/aromatic N) is 1. The standard InChI is InChI=1S/C14H8ClF7N2O2S/c15-7-2-1-3-8(16)6(7)4-10(25)24-11-23-5-9(27-11)12(26,13(17,18)19)14(20,21)22/h1-3,5,26H,4H2,(H,23,24,25). The Morgan fingerprint density at radius 2 is 1.78 bits per heavy atom. The third-order valence-corrected chi connectivity index (χ3v) is 4.70. The molecule has 0 saturated carbocycles. The van der Waals surface area contributed by atoms with Crippen molar-refractivity contribution in [3.05, 3.63) is 45.7 Å². The molecule has 0 atom stereocenters. The number of nitrogens with one attached hydrogen (secondary N) is 1. The first-order valence-corrected chi connectivity index (χ1v) is 8.01. The predicted molar refractivity (Wildman–Crippen MR) is 81.9 cm³/mol. The molecule has 0 saturated heterocycles. The molecular formula is C14H8ClF7N2O2S. The van der Waals surface area contributed by atoms with E-state index in [1.54, 1.807) is 0 Å². The van der Waals surface area contributed by atoms with E-state index >= 15 is 0 Å². The van der Waals surface area contributed by atoms with Crippen molar-refractivity contribution < 1.29 is 40.6 Å². The molecule has 0 aliphatic carbocycles. The minimum atomic E-state index is -6.07. The molecule has 0 fully saturated rings. The van der Waals surface area contributed by atoms with Crippen molar-refractivity contribution in [3.63, 3.8) is 0 Å². The number of halogens is 8. The number of carbonyl (C=O) groups excluding carboxylic acids is 1. The van der Waals surface area contributed by atoms with Crippen LogP contribution < -0.4 is 5.32 Å². The fourth-order valence-corrected chi connectivity index (χ4v) is 3.16. The van der Waals surface area contributed by atoms with Crippen LogP contribution in [-0.4, -0.2) is 28.4 Å². The molecule has 0 bridgehead atoms. The van der Waals surface area contributed by atoms with E-state index in [9.17, 15) is 40.6 Å². The van der Waals surface area contributed by atoms with Gasteiger partial charge in [-0.1, -0.05) is 29.0 Å². The second-order valence-electron chi connectivity index (χ2n) is 5.16. The van der Waals surface area contributed by atoms with Crippen LogP contribution in [0.3, 0.4) is 0 Å². The zero-order valence-corrected chi connectivity index (χ0v) is 14.3. The highest BCUT2D eigenvalue weighted by atomic mass is 35.5. The van der Waals surface area contributed by atoms with Gasteiger partial charge >= 0.3 is 12.4 Å². The van der Waals surface area contributed by atoms with Crippen LogP contribution in [0.15, 0.2) is 24.4 Å². The molecule has 1 aromatic heterocycles. The Kier molecular flexibility index (Phi) is 5.74. The average Bonchev–Trinajstić information content (AvgIpc) is 2.96. The summed E-state index contributed by atoms with van der Waals surface area (Å²) in [6.45, 7) is 0. The minimum Gasteiger partial charge on any atom is -0.369 e. The van der Waals surface area contributed by atoms with Gasteiger partial charge in [-0.3, -0.25) is 4.79 Å². The molecular weight excluding hydrogens is 429 g/mol. The maximum atomic E-state index is 13.6. The second kappa shape index (κ2) is 7.24. The molecule has 0 aliphatic rings. The highest BCUT2D eigenvalue weighted by Crippen LogP contribution is 2.51. The molecule has 1 aromatic carbocycles. The molecule has 2 aromatic rings. The van der Waals surface area contributed by atoms with Gasteiger partial charge in [-0.25, -0.2) is 9.37 Å². The highest BCUT2D eigenvalue weighted by Gasteiger charge is 2.72. The summed E-state index contributed by atoms with van der Waals surface area (Å²) in [5.41, 5.74) is -5.36. The van der Waals surface area contributed by atoms with E-state index in [4.69, 9.17) is 11.6 Å². The van der Waals surface area contributed by atoms with Gasteiger partial charge in [0.25, 0.3) is 5.60 Å². The lowest BCUT2D eigenvalue weighted by Crippen LogP contribution is -2.53. The number of aliphatic hydroxyl groups is 1. The first-order valence-electron chi connectivity index (χ1n) is 6.82. The summed E-state index contributed by atoms with van der Waals surface area (Å²) in [5.74, 6) is -1.80. The Morgan fingerprint density at radius 1 is 1.19 bits per heavy atom. The van der Waals surface area contributed by atoms with Gasteiger partial charge < -0.3 is 10.4 Å². The highest BCUT2D eigenvalue weighted by molar-refractivity contribution is 7.15. The number of aromatic nitrogens is 1. The van der Waals surface area contributed by atoms with Crippen LogP contribution >= 0.6 is 22.9 Å². The number of hydrogen-bond acceptors (Lipinski definition) is 4. The summed E-state index contributed by atoms with van der Waals surface area (Å²) in [4.78, 5) is 13.5. The van der Waals surface area contributed by atoms with Crippen LogP contribution in [0, 0.1) is 5.82 Å². The Bertz CT molecular complexity index is 816. The van der Waals surface area contributed by atoms with E-state index in [-0.39, 0.29) is 28.1 Å². The van der Waals surface area contributed by atoms with E-state index in [0.717, 1.165) is 6.07 Å². The zero-order chi connectivity index (χ0) is 20.6. The first kappa shape index (κ1) is 21.4. The monoisotopic (exact) mass is 436 g/mol. The van der Waals surface area contributed by atoms with Gasteiger partial charge in [0.05, 0.1) is 11.3 Å². The van der Waals surface area contributed by atoms with E-state index in [1.807, 2.05) is 5.32 Å². The maximum absolute atomic E-state index is 13.6. The van der Waals surface area contributed by atoms with Crippen LogP contribution in [0.1, 0.15) is 10.4 Å². The van der Waals surface area contributed by atoms with Gasteiger partial charge in [0.2, 0.25) is 5.91 Å². The van der Waals surface area contributed by atoms with Gasteiger partial charge in [0.15, 0.2) is 5.13 Å². The molecule has 148 valence electrons. The number of thiazole rings is 1. The van der Waals surface area contributed by atoms with Gasteiger partial charge in [0, 0.05) is 16.8 Å². The summed E-state index contributed by atoms with van der Waals surface area (Å²) >= 11 is 5.51. The minimum absolute atomic E-state index is 0.0894. The Morgan fingerprint density at radius 3 is 2.30 bits per heavy atom. The van der Waals surface area contributed by atoms with E-state index in [1.165, 1.54) is 12.1 Å². The van der Waals surface area contributed by atoms with Gasteiger partial charge in [-0.15, -0.1) is 0 Å². The Hall–Kier alpha value is -1.92. The SMILES string of the molecule is O=C(Cc1c(F)cccc1Cl)Nc1ncc(C(O)(C(F)(F)F)C(F)(F)F)s1. The summed E-state index contributed by atoms with van der Waals surface area (Å²) in [6, 6.07) is 3.59. The lowest BCUT2D eigenvalue weighted by Gasteiger charge is -2.30. The summed E-state index contributed by atoms with van der Waals surface area (Å²) in [7, 11) is 0. The van der Waals surface area contributed by atoms with Crippen LogP contribution in [0.25, 0.3) is 0 Å². The molecule has 1 heterocycles. The first-order chi connectivity index (χ1) is 12.3. The molecule has 0 spiro atoms. The molecule has 4 nitrogen and oxygen atoms in total. The molecule has 13 heteroatoms. The molecule has 2 N–H and O–H groups in total. The largest absolute Gasteiger partial charge is 0.431 e. The lowest BCUT2D eigenvalue weighted by atomic mass is 10.0. The van der Waals surface area contributed by atoms with Crippen molar-refractivity contribution in [1.82, 2.24) is 4.98 Å². The van der Waals surface area contributed by atoms with Crippen molar-refractivity contribution in [1.29, 1.82) is 0 Å². The quantitative estimate of drug-likeness (QED) is 0.697. The normalized spacial score (nSPS) is 12.9. The van der Waals surface area contributed by atoms with Gasteiger partial charge in [0.1, 0.15) is 5.82 Å². The number of hydrogen-bond donors (Lipinski definition) is 2. The Balaban J connectivity index is 2.24. The third-order valence-electron chi connectivity index (χ3n) is 3.33. The second-order valence-corrected chi connectivity index (χ2v) is 6.60. The van der Waals surface area contributed by atoms with Crippen molar-refractivity contribution >= 4 is 34.0 Å². The third kappa shape index (κ3) is 4.17. The summed E-state index contributed by atoms with van der Waals surface area (Å²) < 4.78 is 90.4. The number of anilines is 1. The fourth-order valence-electron chi connectivity index (χ4n) is 1.96. The van der Waals surface area contributed by atoms with Crippen LogP contribution in [0.5, 0.6) is 0 Å². The fraction of sp³-hybridized carbons (Fsp3) is 0.286. The van der Waals surface area contributed by atoms with E-state index < -0.39 is 46.1 Å². The lowest BCUT2D eigenvalue weighted by molar-refractivity contribution is -0.375. The van der Waals surface area contributed by atoms with Gasteiger partial charge in [-0.2, -0.15) is 26.3 Å². The molecule has 0 unspecified atom stereocenters. The smallest absolute Gasteiger partial charge is 0.369 e. The van der Waals surface area contributed by atoms with Crippen LogP contribution in [0.4, 0.5) is 35.9 Å². The van der Waals surface area contributed by atoms with E-state index in [2.05, 4.69) is 4.98 Å². The van der Waals surface area contributed by atoms with Crippen LogP contribution in [-0.2, 0) is 16.8 Å². The summed E-state index contributed by atoms with van der Waals surface area (Å²) in [5, 5.41) is 10.5. The van der Waals surface area contributed by atoms with Crippen molar-refractivity contribution in [2.45, 2.75) is 24.4 Å². The van der Waals surface area contributed by atoms with Gasteiger partial charge in [-0.05, 0) is 12.1 Å². The van der Waals surface area contributed by atoms with Crippen molar-refractivity contribution in [2.75, 3.05) is 5.32 Å². The van der Waals surface area contributed by atoms with Crippen molar-refractivity contribution in [3.8, 4) is 0 Å². The molecule has 27 heavy (non-hydrogen) atoms. The topological polar surface area (TPSA) is 62.2 Å². The number of carbonyl (C=O) groups is 1. The molecule has 0 radical (unpaired) electrons. The van der Waals surface area contributed by atoms with Crippen molar-refractivity contribution in [2.24, 2.45) is 0 Å². The maximum Gasteiger partial charge on any atom is 0.431 e.